The summed E-state index contributed by atoms with van der Waals surface area (Å²) in [6.45, 7) is 10.5. The average Bonchev–Trinajstić information content (AvgIpc) is 2.86. The topological polar surface area (TPSA) is 46.6 Å². The molecule has 0 unspecified atom stereocenters. The standard InChI is InChI=1S/C19H27NO3/c1-13(2)16-12-23-18(22)20(16)17(21)15(19(3,4)5)11-14-9-7-6-8-10-14/h6-10,13,15-16H,11-12H2,1-5H3/t15-,16-/m1/s1. The molecule has 0 aromatic heterocycles. The number of cyclic esters (lactones) is 1. The van der Waals surface area contributed by atoms with Crippen LogP contribution in [0.25, 0.3) is 0 Å². The summed E-state index contributed by atoms with van der Waals surface area (Å²) in [5.41, 5.74) is 0.867. The van der Waals surface area contributed by atoms with E-state index in [0.717, 1.165) is 5.56 Å². The number of carbonyl (C=O) groups is 2. The molecule has 1 aliphatic rings. The first-order valence-electron chi connectivity index (χ1n) is 8.25. The van der Waals surface area contributed by atoms with Gasteiger partial charge in [0.1, 0.15) is 6.61 Å². The second-order valence-corrected chi connectivity index (χ2v) is 7.70. The molecule has 23 heavy (non-hydrogen) atoms. The van der Waals surface area contributed by atoms with Crippen molar-refractivity contribution in [1.29, 1.82) is 0 Å². The highest BCUT2D eigenvalue weighted by molar-refractivity contribution is 5.95. The minimum absolute atomic E-state index is 0.123. The highest BCUT2D eigenvalue weighted by Crippen LogP contribution is 2.33. The lowest BCUT2D eigenvalue weighted by Crippen LogP contribution is -2.48. The summed E-state index contributed by atoms with van der Waals surface area (Å²) in [7, 11) is 0. The molecule has 1 heterocycles. The van der Waals surface area contributed by atoms with Gasteiger partial charge in [-0.2, -0.15) is 0 Å². The normalized spacial score (nSPS) is 19.8. The lowest BCUT2D eigenvalue weighted by molar-refractivity contribution is -0.137. The van der Waals surface area contributed by atoms with E-state index in [2.05, 4.69) is 0 Å². The molecule has 1 aromatic rings. The van der Waals surface area contributed by atoms with Gasteiger partial charge in [0.25, 0.3) is 0 Å². The Kier molecular flexibility index (Phi) is 5.12. The van der Waals surface area contributed by atoms with Crippen LogP contribution in [-0.4, -0.2) is 29.5 Å². The molecule has 2 atom stereocenters. The van der Waals surface area contributed by atoms with E-state index in [1.807, 2.05) is 65.0 Å². The Morgan fingerprint density at radius 1 is 1.26 bits per heavy atom. The average molecular weight is 317 g/mol. The zero-order valence-corrected chi connectivity index (χ0v) is 14.7. The van der Waals surface area contributed by atoms with Gasteiger partial charge < -0.3 is 4.74 Å². The fourth-order valence-electron chi connectivity index (χ4n) is 2.96. The number of carbonyl (C=O) groups excluding carboxylic acids is 2. The first-order chi connectivity index (χ1) is 10.7. The van der Waals surface area contributed by atoms with Crippen LogP contribution < -0.4 is 0 Å². The van der Waals surface area contributed by atoms with E-state index in [4.69, 9.17) is 4.74 Å². The molecule has 1 aromatic carbocycles. The fourth-order valence-corrected chi connectivity index (χ4v) is 2.96. The zero-order valence-electron chi connectivity index (χ0n) is 14.7. The van der Waals surface area contributed by atoms with Crippen LogP contribution in [0.1, 0.15) is 40.2 Å². The fraction of sp³-hybridized carbons (Fsp3) is 0.579. The third-order valence-corrected chi connectivity index (χ3v) is 4.54. The number of nitrogens with zero attached hydrogens (tertiary/aromatic N) is 1. The zero-order chi connectivity index (χ0) is 17.2. The summed E-state index contributed by atoms with van der Waals surface area (Å²) in [5, 5.41) is 0. The predicted octanol–water partition coefficient (Wildman–Crippen LogP) is 3.89. The van der Waals surface area contributed by atoms with Crippen LogP contribution in [0.4, 0.5) is 4.79 Å². The molecule has 1 saturated heterocycles. The molecule has 0 N–H and O–H groups in total. The summed E-state index contributed by atoms with van der Waals surface area (Å²) >= 11 is 0. The lowest BCUT2D eigenvalue weighted by Gasteiger charge is -2.34. The Morgan fingerprint density at radius 3 is 2.39 bits per heavy atom. The van der Waals surface area contributed by atoms with Crippen molar-refractivity contribution >= 4 is 12.0 Å². The van der Waals surface area contributed by atoms with Gasteiger partial charge in [-0.3, -0.25) is 4.79 Å². The van der Waals surface area contributed by atoms with Crippen LogP contribution in [-0.2, 0) is 16.0 Å². The summed E-state index contributed by atoms with van der Waals surface area (Å²) in [4.78, 5) is 26.6. The van der Waals surface area contributed by atoms with Crippen molar-refractivity contribution in [1.82, 2.24) is 4.90 Å². The van der Waals surface area contributed by atoms with Crippen LogP contribution in [0.15, 0.2) is 30.3 Å². The largest absolute Gasteiger partial charge is 0.447 e. The van der Waals surface area contributed by atoms with Gasteiger partial charge in [0.2, 0.25) is 5.91 Å². The summed E-state index contributed by atoms with van der Waals surface area (Å²) in [5.74, 6) is -0.206. The third kappa shape index (κ3) is 3.92. The van der Waals surface area contributed by atoms with E-state index < -0.39 is 6.09 Å². The first kappa shape index (κ1) is 17.5. The third-order valence-electron chi connectivity index (χ3n) is 4.54. The molecule has 1 fully saturated rings. The molecule has 2 rings (SSSR count). The predicted molar refractivity (Wildman–Crippen MR) is 89.9 cm³/mol. The molecule has 1 aliphatic heterocycles. The van der Waals surface area contributed by atoms with Crippen molar-refractivity contribution < 1.29 is 14.3 Å². The maximum absolute atomic E-state index is 13.1. The number of ether oxygens (including phenoxy) is 1. The highest BCUT2D eigenvalue weighted by Gasteiger charge is 2.44. The summed E-state index contributed by atoms with van der Waals surface area (Å²) in [6, 6.07) is 9.78. The molecule has 126 valence electrons. The number of benzene rings is 1. The number of imide groups is 1. The van der Waals surface area contributed by atoms with Crippen molar-refractivity contribution in [3.8, 4) is 0 Å². The Balaban J connectivity index is 2.28. The first-order valence-corrected chi connectivity index (χ1v) is 8.25. The highest BCUT2D eigenvalue weighted by atomic mass is 16.6. The van der Waals surface area contributed by atoms with E-state index in [1.54, 1.807) is 0 Å². The summed E-state index contributed by atoms with van der Waals surface area (Å²) in [6.07, 6.45) is 0.119. The maximum Gasteiger partial charge on any atom is 0.416 e. The van der Waals surface area contributed by atoms with Crippen LogP contribution in [0, 0.1) is 17.3 Å². The minimum atomic E-state index is -0.504. The quantitative estimate of drug-likeness (QED) is 0.846. The smallest absolute Gasteiger partial charge is 0.416 e. The van der Waals surface area contributed by atoms with Crippen molar-refractivity contribution in [2.75, 3.05) is 6.61 Å². The number of hydrogen-bond donors (Lipinski definition) is 0. The van der Waals surface area contributed by atoms with Crippen LogP contribution in [0.2, 0.25) is 0 Å². The van der Waals surface area contributed by atoms with Crippen molar-refractivity contribution in [2.45, 2.75) is 47.1 Å². The molecule has 0 aliphatic carbocycles. The Labute approximate surface area is 138 Å². The molecule has 0 spiro atoms. The van der Waals surface area contributed by atoms with E-state index in [-0.39, 0.29) is 29.2 Å². The number of amides is 2. The summed E-state index contributed by atoms with van der Waals surface area (Å²) < 4.78 is 5.14. The van der Waals surface area contributed by atoms with Gasteiger partial charge in [0.05, 0.1) is 6.04 Å². The molecular weight excluding hydrogens is 290 g/mol. The van der Waals surface area contributed by atoms with Crippen molar-refractivity contribution in [3.63, 3.8) is 0 Å². The van der Waals surface area contributed by atoms with Crippen LogP contribution in [0.5, 0.6) is 0 Å². The minimum Gasteiger partial charge on any atom is -0.447 e. The molecule has 4 heteroatoms. The van der Waals surface area contributed by atoms with Crippen LogP contribution in [0.3, 0.4) is 0 Å². The Hall–Kier alpha value is -1.84. The second-order valence-electron chi connectivity index (χ2n) is 7.70. The van der Waals surface area contributed by atoms with E-state index in [1.165, 1.54) is 4.90 Å². The van der Waals surface area contributed by atoms with Gasteiger partial charge in [0, 0.05) is 5.92 Å². The van der Waals surface area contributed by atoms with Gasteiger partial charge in [-0.15, -0.1) is 0 Å². The molecular formula is C19H27NO3. The molecule has 0 bridgehead atoms. The van der Waals surface area contributed by atoms with Gasteiger partial charge >= 0.3 is 6.09 Å². The molecule has 2 amide bonds. The van der Waals surface area contributed by atoms with Gasteiger partial charge in [-0.25, -0.2) is 9.69 Å². The van der Waals surface area contributed by atoms with Crippen molar-refractivity contribution in [3.05, 3.63) is 35.9 Å². The monoisotopic (exact) mass is 317 g/mol. The molecule has 0 radical (unpaired) electrons. The van der Waals surface area contributed by atoms with E-state index in [9.17, 15) is 9.59 Å². The Morgan fingerprint density at radius 2 is 1.87 bits per heavy atom. The molecule has 4 nitrogen and oxygen atoms in total. The van der Waals surface area contributed by atoms with E-state index in [0.29, 0.717) is 13.0 Å². The van der Waals surface area contributed by atoms with Gasteiger partial charge in [0.15, 0.2) is 0 Å². The number of hydrogen-bond acceptors (Lipinski definition) is 3. The molecule has 0 saturated carbocycles. The van der Waals surface area contributed by atoms with Gasteiger partial charge in [-0.05, 0) is 23.3 Å². The van der Waals surface area contributed by atoms with E-state index >= 15 is 0 Å². The Bertz CT molecular complexity index is 560. The number of rotatable bonds is 4. The van der Waals surface area contributed by atoms with Crippen molar-refractivity contribution in [2.24, 2.45) is 17.3 Å². The van der Waals surface area contributed by atoms with Gasteiger partial charge in [-0.1, -0.05) is 65.0 Å². The second kappa shape index (κ2) is 6.73. The lowest BCUT2D eigenvalue weighted by atomic mass is 9.76. The van der Waals surface area contributed by atoms with Crippen LogP contribution >= 0.6 is 0 Å². The SMILES string of the molecule is CC(C)[C@H]1COC(=O)N1C(=O)[C@@H](Cc1ccccc1)C(C)(C)C. The maximum atomic E-state index is 13.1.